The van der Waals surface area contributed by atoms with Gasteiger partial charge in [0.1, 0.15) is 5.75 Å². The lowest BCUT2D eigenvalue weighted by molar-refractivity contribution is -0.146. The molecular formula is C48H57ClN6O7Si. The molecule has 4 heterocycles. The molecule has 63 heavy (non-hydrogen) atoms. The van der Waals surface area contributed by atoms with Gasteiger partial charge in [0.25, 0.3) is 5.91 Å². The Morgan fingerprint density at radius 3 is 2.54 bits per heavy atom. The van der Waals surface area contributed by atoms with E-state index in [0.29, 0.717) is 66.6 Å². The summed E-state index contributed by atoms with van der Waals surface area (Å²) in [5.41, 5.74) is 4.47. The Bertz CT molecular complexity index is 2430. The molecule has 8 rings (SSSR count). The summed E-state index contributed by atoms with van der Waals surface area (Å²) in [5.74, 6) is -0.296. The summed E-state index contributed by atoms with van der Waals surface area (Å²) in [7, 11) is -2.96. The van der Waals surface area contributed by atoms with Gasteiger partial charge in [0, 0.05) is 47.1 Å². The van der Waals surface area contributed by atoms with Crippen molar-refractivity contribution in [1.29, 1.82) is 0 Å². The normalized spacial score (nSPS) is 22.5. The van der Waals surface area contributed by atoms with Crippen LogP contribution in [0.25, 0.3) is 0 Å². The Morgan fingerprint density at radius 1 is 1.00 bits per heavy atom. The molecule has 1 saturated heterocycles. The van der Waals surface area contributed by atoms with E-state index in [2.05, 4.69) is 15.6 Å². The van der Waals surface area contributed by atoms with E-state index in [0.717, 1.165) is 34.5 Å². The lowest BCUT2D eigenvalue weighted by atomic mass is 9.82. The van der Waals surface area contributed by atoms with Crippen LogP contribution in [0.15, 0.2) is 97.2 Å². The first-order valence-corrected chi connectivity index (χ1v) is 25.4. The van der Waals surface area contributed by atoms with E-state index in [1.807, 2.05) is 118 Å². The van der Waals surface area contributed by atoms with Gasteiger partial charge in [-0.15, -0.1) is 5.10 Å². The first-order valence-electron chi connectivity index (χ1n) is 22.0. The largest absolute Gasteiger partial charge is 0.494 e. The summed E-state index contributed by atoms with van der Waals surface area (Å²) in [6.07, 6.45) is 3.71. The van der Waals surface area contributed by atoms with Gasteiger partial charge in [0.05, 0.1) is 54.9 Å². The van der Waals surface area contributed by atoms with Crippen molar-refractivity contribution in [3.05, 3.63) is 130 Å². The fourth-order valence-electron chi connectivity index (χ4n) is 10.1. The summed E-state index contributed by atoms with van der Waals surface area (Å²) >= 11 is 6.70. The molecule has 4 aromatic carbocycles. The number of ether oxygens (including phenoxy) is 2. The van der Waals surface area contributed by atoms with Crippen LogP contribution >= 0.6 is 11.6 Å². The summed E-state index contributed by atoms with van der Waals surface area (Å²) in [6.45, 7) is 9.46. The third kappa shape index (κ3) is 8.70. The van der Waals surface area contributed by atoms with Gasteiger partial charge in [-0.1, -0.05) is 66.2 Å². The molecular weight excluding hydrogens is 836 g/mol. The minimum Gasteiger partial charge on any atom is -0.494 e. The van der Waals surface area contributed by atoms with Gasteiger partial charge in [-0.2, -0.15) is 0 Å². The smallest absolute Gasteiger partial charge is 0.264 e. The SMILES string of the molecule is CCOc1ccc2c(c1)CC(NCCCCO)C(=O)N2c1cccc(CN2C(=O)[C@]3(O[C@H](CCn4cc(C(CO)c5ccccc5)nn4)[C@@H]([Si](C)(C)O)[C@@H]3C)c3cc(Cl)ccc32)c1. The number of fused-ring (bicyclic) bond motifs is 3. The second-order valence-electron chi connectivity index (χ2n) is 17.5. The molecule has 15 heteroatoms. The highest BCUT2D eigenvalue weighted by Crippen LogP contribution is 2.60. The zero-order chi connectivity index (χ0) is 44.5. The van der Waals surface area contributed by atoms with Crippen molar-refractivity contribution in [2.75, 3.05) is 36.2 Å². The zero-order valence-electron chi connectivity index (χ0n) is 36.3. The van der Waals surface area contributed by atoms with Gasteiger partial charge in [-0.05, 0) is 117 Å². The number of aromatic nitrogens is 3. The fraction of sp³-hybridized carbons (Fsp3) is 0.417. The van der Waals surface area contributed by atoms with Crippen LogP contribution in [0.5, 0.6) is 5.75 Å². The van der Waals surface area contributed by atoms with Crippen LogP contribution in [0.4, 0.5) is 17.1 Å². The molecule has 1 fully saturated rings. The third-order valence-corrected chi connectivity index (χ3v) is 15.7. The van der Waals surface area contributed by atoms with E-state index in [4.69, 9.17) is 21.1 Å². The second kappa shape index (κ2) is 18.7. The molecule has 0 radical (unpaired) electrons. The predicted octanol–water partition coefficient (Wildman–Crippen LogP) is 6.84. The standard InChI is InChI=1S/C48H57ClN6O7Si/c1-5-61-37-17-19-42-34(25-37)26-40(50-21-9-10-23-56)46(58)55(42)36-15-11-12-32(24-36)28-54-43-18-16-35(49)27-39(43)48(47(54)59)31(2)45(63(3,4)60)44(62-48)20-22-53-29-41(51-52-53)38(30-57)33-13-7-6-8-14-33/h6-8,11-19,24-25,27,29,31,38,40,44-45,50,56-57,60H,5,9-10,20-23,26,28,30H2,1-4H3/t31-,38?,40?,44+,45-,48+/m0/s1. The fourth-order valence-corrected chi connectivity index (χ4v) is 12.8. The van der Waals surface area contributed by atoms with Crippen molar-refractivity contribution in [1.82, 2.24) is 20.3 Å². The van der Waals surface area contributed by atoms with Gasteiger partial charge in [-0.3, -0.25) is 19.2 Å². The van der Waals surface area contributed by atoms with Crippen LogP contribution in [-0.4, -0.2) is 88.6 Å². The quantitative estimate of drug-likeness (QED) is 0.0575. The van der Waals surface area contributed by atoms with Gasteiger partial charge in [-0.25, -0.2) is 0 Å². The number of amides is 2. The Kier molecular flexibility index (Phi) is 13.2. The average Bonchev–Trinajstić information content (AvgIpc) is 3.92. The average molecular weight is 894 g/mol. The summed E-state index contributed by atoms with van der Waals surface area (Å²) in [4.78, 5) is 45.0. The highest BCUT2D eigenvalue weighted by atomic mass is 35.5. The number of carbonyl (C=O) groups is 2. The number of rotatable bonds is 17. The first kappa shape index (κ1) is 44.7. The minimum atomic E-state index is -2.96. The molecule has 3 aliphatic heterocycles. The van der Waals surface area contributed by atoms with Gasteiger partial charge < -0.3 is 34.7 Å². The topological polar surface area (TPSA) is 163 Å². The summed E-state index contributed by atoms with van der Waals surface area (Å²) in [5, 5.41) is 32.3. The highest BCUT2D eigenvalue weighted by molar-refractivity contribution is 6.71. The monoisotopic (exact) mass is 892 g/mol. The van der Waals surface area contributed by atoms with Crippen molar-refractivity contribution in [3.63, 3.8) is 0 Å². The second-order valence-corrected chi connectivity index (χ2v) is 21.9. The van der Waals surface area contributed by atoms with Crippen LogP contribution < -0.4 is 19.9 Å². The van der Waals surface area contributed by atoms with E-state index < -0.39 is 32.0 Å². The van der Waals surface area contributed by atoms with Crippen LogP contribution in [-0.2, 0) is 39.4 Å². The molecule has 4 N–H and O–H groups in total. The van der Waals surface area contributed by atoms with Crippen molar-refractivity contribution in [2.24, 2.45) is 5.92 Å². The Hall–Kier alpha value is -4.93. The number of aliphatic hydroxyl groups is 2. The van der Waals surface area contributed by atoms with Gasteiger partial charge in [0.2, 0.25) is 5.91 Å². The Balaban J connectivity index is 1.08. The number of nitrogens with one attached hydrogen (secondary N) is 1. The molecule has 13 nitrogen and oxygen atoms in total. The van der Waals surface area contributed by atoms with Gasteiger partial charge in [0.15, 0.2) is 13.9 Å². The number of halogens is 1. The summed E-state index contributed by atoms with van der Waals surface area (Å²) < 4.78 is 14.7. The van der Waals surface area contributed by atoms with E-state index in [1.54, 1.807) is 20.5 Å². The molecule has 0 aliphatic carbocycles. The lowest BCUT2D eigenvalue weighted by Gasteiger charge is -2.35. The molecule has 1 aromatic heterocycles. The van der Waals surface area contributed by atoms with Crippen LogP contribution in [0.1, 0.15) is 67.0 Å². The number of hydrogen-bond donors (Lipinski definition) is 4. The van der Waals surface area contributed by atoms with Gasteiger partial charge >= 0.3 is 0 Å². The lowest BCUT2D eigenvalue weighted by Crippen LogP contribution is -2.49. The number of unbranched alkanes of at least 4 members (excludes halogenated alkanes) is 1. The number of aliphatic hydroxyl groups excluding tert-OH is 2. The number of anilines is 3. The van der Waals surface area contributed by atoms with Crippen molar-refractivity contribution >= 4 is 48.8 Å². The molecule has 3 aliphatic rings. The maximum Gasteiger partial charge on any atom is 0.264 e. The maximum absolute atomic E-state index is 15.3. The number of benzene rings is 4. The number of nitrogens with zero attached hydrogens (tertiary/aromatic N) is 5. The first-order chi connectivity index (χ1) is 30.4. The molecule has 6 atom stereocenters. The van der Waals surface area contributed by atoms with E-state index >= 15 is 4.79 Å². The molecule has 2 unspecified atom stereocenters. The minimum absolute atomic E-state index is 0.0865. The molecule has 0 bridgehead atoms. The zero-order valence-corrected chi connectivity index (χ0v) is 38.0. The number of carbonyl (C=O) groups excluding carboxylic acids is 2. The highest BCUT2D eigenvalue weighted by Gasteiger charge is 2.66. The van der Waals surface area contributed by atoms with Crippen molar-refractivity contribution in [3.8, 4) is 5.75 Å². The molecule has 0 saturated carbocycles. The molecule has 332 valence electrons. The third-order valence-electron chi connectivity index (χ3n) is 12.9. The predicted molar refractivity (Wildman–Crippen MR) is 245 cm³/mol. The number of hydrogen-bond acceptors (Lipinski definition) is 10. The van der Waals surface area contributed by atoms with E-state index in [1.165, 1.54) is 0 Å². The molecule has 2 amide bonds. The van der Waals surface area contributed by atoms with Crippen molar-refractivity contribution < 1.29 is 34.1 Å². The Labute approximate surface area is 374 Å². The number of aryl methyl sites for hydroxylation is 1. The van der Waals surface area contributed by atoms with E-state index in [-0.39, 0.29) is 43.0 Å². The van der Waals surface area contributed by atoms with Crippen molar-refractivity contribution in [2.45, 2.75) is 94.9 Å². The van der Waals surface area contributed by atoms with E-state index in [9.17, 15) is 19.8 Å². The molecule has 1 spiro atoms. The Morgan fingerprint density at radius 2 is 1.79 bits per heavy atom. The van der Waals surface area contributed by atoms with Crippen LogP contribution in [0, 0.1) is 5.92 Å². The molecule has 5 aromatic rings. The van der Waals surface area contributed by atoms with Crippen LogP contribution in [0.3, 0.4) is 0 Å². The summed E-state index contributed by atoms with van der Waals surface area (Å²) in [6, 6.07) is 28.2. The maximum atomic E-state index is 15.3. The van der Waals surface area contributed by atoms with Crippen LogP contribution in [0.2, 0.25) is 23.7 Å².